The topological polar surface area (TPSA) is 79.0 Å². The second-order valence-corrected chi connectivity index (χ2v) is 11.2. The molecule has 0 radical (unpaired) electrons. The molecule has 7 nitrogen and oxygen atoms in total. The molecule has 1 atom stereocenters. The monoisotopic (exact) mass is 515 g/mol. The molecule has 2 aromatic carbocycles. The maximum absolute atomic E-state index is 13.3. The van der Waals surface area contributed by atoms with Crippen molar-refractivity contribution >= 4 is 33.4 Å². The molecule has 184 valence electrons. The maximum Gasteiger partial charge on any atom is 0.425 e. The van der Waals surface area contributed by atoms with Crippen LogP contribution in [0.4, 0.5) is 18.9 Å². The highest BCUT2D eigenvalue weighted by molar-refractivity contribution is 7.97. The number of fused-ring (bicyclic) bond motifs is 1. The van der Waals surface area contributed by atoms with E-state index in [0.717, 1.165) is 43.6 Å². The van der Waals surface area contributed by atoms with E-state index in [-0.39, 0.29) is 16.2 Å². The lowest BCUT2D eigenvalue weighted by molar-refractivity contribution is -0.189. The third-order valence-corrected chi connectivity index (χ3v) is 7.81. The Morgan fingerprint density at radius 1 is 1.12 bits per heavy atom. The first-order chi connectivity index (χ1) is 15.9. The standard InChI is InChI=1S/C22H24F3N3O4S2/c1-14(22(23,24)25)32-19-5-4-17(34(2,30)31)12-18(19)21(29)28-9-7-27(8-10-28)16-3-6-20-15(11-16)13-26-33-20/h3-6,11-12,14,26H,7-10,13H2,1-2H3/t14-/m0/s1. The minimum atomic E-state index is -4.63. The van der Waals surface area contributed by atoms with Crippen LogP contribution in [0.25, 0.3) is 0 Å². The van der Waals surface area contributed by atoms with Gasteiger partial charge in [0.25, 0.3) is 5.91 Å². The van der Waals surface area contributed by atoms with Crippen LogP contribution < -0.4 is 14.4 Å². The van der Waals surface area contributed by atoms with Crippen molar-refractivity contribution in [2.45, 2.75) is 35.5 Å². The fourth-order valence-corrected chi connectivity index (χ4v) is 5.23. The summed E-state index contributed by atoms with van der Waals surface area (Å²) in [6.07, 6.45) is -5.82. The van der Waals surface area contributed by atoms with Crippen LogP contribution in [-0.2, 0) is 16.4 Å². The van der Waals surface area contributed by atoms with Crippen molar-refractivity contribution in [3.05, 3.63) is 47.5 Å². The molecular weight excluding hydrogens is 491 g/mol. The molecule has 4 rings (SSSR count). The van der Waals surface area contributed by atoms with Gasteiger partial charge in [0.1, 0.15) is 5.75 Å². The molecule has 0 spiro atoms. The van der Waals surface area contributed by atoms with Gasteiger partial charge in [-0.15, -0.1) is 0 Å². The van der Waals surface area contributed by atoms with E-state index in [1.807, 2.05) is 6.07 Å². The van der Waals surface area contributed by atoms with Crippen molar-refractivity contribution in [1.29, 1.82) is 0 Å². The Morgan fingerprint density at radius 2 is 1.82 bits per heavy atom. The number of carbonyl (C=O) groups is 1. The second-order valence-electron chi connectivity index (χ2n) is 8.23. The van der Waals surface area contributed by atoms with Crippen LogP contribution in [0.2, 0.25) is 0 Å². The molecule has 34 heavy (non-hydrogen) atoms. The molecule has 2 aromatic rings. The minimum Gasteiger partial charge on any atom is -0.480 e. The van der Waals surface area contributed by atoms with E-state index >= 15 is 0 Å². The summed E-state index contributed by atoms with van der Waals surface area (Å²) in [6.45, 7) is 3.35. The van der Waals surface area contributed by atoms with Crippen molar-refractivity contribution in [3.8, 4) is 5.75 Å². The highest BCUT2D eigenvalue weighted by atomic mass is 32.2. The third kappa shape index (κ3) is 5.28. The van der Waals surface area contributed by atoms with Crippen LogP contribution in [0.1, 0.15) is 22.8 Å². The van der Waals surface area contributed by atoms with Gasteiger partial charge in [-0.2, -0.15) is 13.2 Å². The number of piperazine rings is 1. The fraction of sp³-hybridized carbons (Fsp3) is 0.409. The molecule has 1 fully saturated rings. The molecule has 1 amide bonds. The molecule has 0 aromatic heterocycles. The Hall–Kier alpha value is -2.44. The summed E-state index contributed by atoms with van der Waals surface area (Å²) in [5, 5.41) is 0. The van der Waals surface area contributed by atoms with E-state index in [4.69, 9.17) is 4.74 Å². The summed E-state index contributed by atoms with van der Waals surface area (Å²) in [5.41, 5.74) is 2.05. The van der Waals surface area contributed by atoms with Crippen LogP contribution in [0.3, 0.4) is 0 Å². The van der Waals surface area contributed by atoms with E-state index in [1.54, 1.807) is 11.9 Å². The molecule has 0 aliphatic carbocycles. The van der Waals surface area contributed by atoms with E-state index < -0.39 is 28.0 Å². The van der Waals surface area contributed by atoms with Gasteiger partial charge >= 0.3 is 6.18 Å². The van der Waals surface area contributed by atoms with Gasteiger partial charge in [0.15, 0.2) is 15.9 Å². The Morgan fingerprint density at radius 3 is 2.47 bits per heavy atom. The predicted octanol–water partition coefficient (Wildman–Crippen LogP) is 3.49. The average molecular weight is 516 g/mol. The van der Waals surface area contributed by atoms with Crippen molar-refractivity contribution in [3.63, 3.8) is 0 Å². The number of halogens is 3. The SMILES string of the molecule is C[C@H](Oc1ccc(S(C)(=O)=O)cc1C(=O)N1CCN(c2ccc3c(c2)CNS3)CC1)C(F)(F)F. The summed E-state index contributed by atoms with van der Waals surface area (Å²) in [4.78, 5) is 17.9. The minimum absolute atomic E-state index is 0.161. The number of rotatable bonds is 5. The molecular formula is C22H24F3N3O4S2. The average Bonchev–Trinajstić information content (AvgIpc) is 3.25. The van der Waals surface area contributed by atoms with Crippen LogP contribution in [0.15, 0.2) is 46.2 Å². The molecule has 1 N–H and O–H groups in total. The van der Waals surface area contributed by atoms with Crippen molar-refractivity contribution in [1.82, 2.24) is 9.62 Å². The van der Waals surface area contributed by atoms with E-state index in [2.05, 4.69) is 21.8 Å². The number of hydrogen-bond donors (Lipinski definition) is 1. The highest BCUT2D eigenvalue weighted by Gasteiger charge is 2.39. The van der Waals surface area contributed by atoms with Crippen LogP contribution in [-0.4, -0.2) is 63.9 Å². The molecule has 2 heterocycles. The number of benzene rings is 2. The number of ether oxygens (including phenoxy) is 1. The Labute approximate surface area is 200 Å². The van der Waals surface area contributed by atoms with Gasteiger partial charge in [0, 0.05) is 49.6 Å². The molecule has 0 unspecified atom stereocenters. The summed E-state index contributed by atoms with van der Waals surface area (Å²) < 4.78 is 71.4. The molecule has 0 saturated carbocycles. The summed E-state index contributed by atoms with van der Waals surface area (Å²) >= 11 is 1.59. The largest absolute Gasteiger partial charge is 0.480 e. The molecule has 0 bridgehead atoms. The van der Waals surface area contributed by atoms with Gasteiger partial charge in [0.05, 0.1) is 10.5 Å². The Kier molecular flexibility index (Phi) is 6.76. The van der Waals surface area contributed by atoms with Crippen LogP contribution in [0, 0.1) is 0 Å². The van der Waals surface area contributed by atoms with Crippen molar-refractivity contribution in [2.24, 2.45) is 0 Å². The molecule has 12 heteroatoms. The lowest BCUT2D eigenvalue weighted by Crippen LogP contribution is -2.49. The van der Waals surface area contributed by atoms with E-state index in [9.17, 15) is 26.4 Å². The maximum atomic E-state index is 13.3. The van der Waals surface area contributed by atoms with Crippen molar-refractivity contribution < 1.29 is 31.1 Å². The highest BCUT2D eigenvalue weighted by Crippen LogP contribution is 2.32. The van der Waals surface area contributed by atoms with Gasteiger partial charge < -0.3 is 14.5 Å². The number of nitrogens with zero attached hydrogens (tertiary/aromatic N) is 2. The predicted molar refractivity (Wildman–Crippen MR) is 123 cm³/mol. The Balaban J connectivity index is 1.53. The summed E-state index contributed by atoms with van der Waals surface area (Å²) in [5.74, 6) is -0.864. The first kappa shape index (κ1) is 24.7. The quantitative estimate of drug-likeness (QED) is 0.611. The van der Waals surface area contributed by atoms with Gasteiger partial charge in [-0.05, 0) is 60.8 Å². The smallest absolute Gasteiger partial charge is 0.425 e. The number of alkyl halides is 3. The number of amides is 1. The van der Waals surface area contributed by atoms with E-state index in [0.29, 0.717) is 26.2 Å². The molecule has 2 aliphatic rings. The van der Waals surface area contributed by atoms with Gasteiger partial charge in [-0.3, -0.25) is 9.52 Å². The Bertz CT molecular complexity index is 1200. The number of hydrogen-bond acceptors (Lipinski definition) is 7. The number of nitrogens with one attached hydrogen (secondary N) is 1. The number of sulfone groups is 1. The van der Waals surface area contributed by atoms with Gasteiger partial charge in [0.2, 0.25) is 0 Å². The summed E-state index contributed by atoms with van der Waals surface area (Å²) in [6, 6.07) is 9.53. The number of carbonyl (C=O) groups excluding carboxylic acids is 1. The second kappa shape index (κ2) is 9.31. The van der Waals surface area contributed by atoms with Crippen LogP contribution in [0.5, 0.6) is 5.75 Å². The zero-order valence-corrected chi connectivity index (χ0v) is 20.2. The van der Waals surface area contributed by atoms with Gasteiger partial charge in [-0.1, -0.05) is 0 Å². The molecule has 1 saturated heterocycles. The summed E-state index contributed by atoms with van der Waals surface area (Å²) in [7, 11) is -3.68. The zero-order valence-electron chi connectivity index (χ0n) is 18.6. The lowest BCUT2D eigenvalue weighted by atomic mass is 10.1. The third-order valence-electron chi connectivity index (χ3n) is 5.80. The first-order valence-electron chi connectivity index (χ1n) is 10.6. The van der Waals surface area contributed by atoms with Crippen LogP contribution >= 0.6 is 11.9 Å². The normalized spacial score (nSPS) is 17.4. The first-order valence-corrected chi connectivity index (χ1v) is 13.3. The lowest BCUT2D eigenvalue weighted by Gasteiger charge is -2.36. The zero-order chi connectivity index (χ0) is 24.7. The van der Waals surface area contributed by atoms with Crippen molar-refractivity contribution in [2.75, 3.05) is 37.3 Å². The van der Waals surface area contributed by atoms with Gasteiger partial charge in [-0.25, -0.2) is 8.42 Å². The number of anilines is 1. The molecule has 2 aliphatic heterocycles. The van der Waals surface area contributed by atoms with E-state index in [1.165, 1.54) is 15.4 Å². The fourth-order valence-electron chi connectivity index (χ4n) is 3.80.